The molecule has 1 amide bonds. The molecule has 4 aromatic rings. The lowest BCUT2D eigenvalue weighted by molar-refractivity contribution is -0.132. The van der Waals surface area contributed by atoms with E-state index < -0.39 is 17.7 Å². The van der Waals surface area contributed by atoms with E-state index in [0.29, 0.717) is 26.2 Å². The Morgan fingerprint density at radius 1 is 0.943 bits per heavy atom. The molecule has 1 unspecified atom stereocenters. The van der Waals surface area contributed by atoms with Crippen LogP contribution in [0.1, 0.15) is 22.7 Å². The van der Waals surface area contributed by atoms with E-state index in [1.807, 2.05) is 36.4 Å². The highest BCUT2D eigenvalue weighted by molar-refractivity contribution is 8.00. The third kappa shape index (κ3) is 4.73. The van der Waals surface area contributed by atoms with Crippen molar-refractivity contribution in [1.82, 2.24) is 10.2 Å². The van der Waals surface area contributed by atoms with Crippen LogP contribution in [0.25, 0.3) is 5.76 Å². The number of ketones is 1. The number of hydrogen-bond donors (Lipinski definition) is 1. The third-order valence-electron chi connectivity index (χ3n) is 5.48. The van der Waals surface area contributed by atoms with E-state index in [4.69, 9.17) is 11.6 Å². The van der Waals surface area contributed by atoms with Crippen molar-refractivity contribution in [3.63, 3.8) is 0 Å². The molecule has 0 aliphatic carbocycles. The van der Waals surface area contributed by atoms with Crippen molar-refractivity contribution < 1.29 is 14.7 Å². The van der Waals surface area contributed by atoms with Crippen molar-refractivity contribution in [2.75, 3.05) is 4.90 Å². The number of aliphatic hydroxyl groups is 1. The van der Waals surface area contributed by atoms with Gasteiger partial charge in [-0.2, -0.15) is 0 Å². The summed E-state index contributed by atoms with van der Waals surface area (Å²) in [6.45, 7) is 0. The number of aliphatic hydroxyl groups excluding tert-OH is 1. The van der Waals surface area contributed by atoms with Crippen LogP contribution in [-0.4, -0.2) is 27.0 Å². The second-order valence-corrected chi connectivity index (χ2v) is 10.3. The fourth-order valence-corrected chi connectivity index (χ4v) is 5.77. The molecular formula is C26H18ClN3O3S2. The third-order valence-corrected chi connectivity index (χ3v) is 7.86. The van der Waals surface area contributed by atoms with E-state index in [1.54, 1.807) is 48.5 Å². The molecule has 0 saturated carbocycles. The van der Waals surface area contributed by atoms with Gasteiger partial charge < -0.3 is 5.11 Å². The van der Waals surface area contributed by atoms with Gasteiger partial charge in [-0.05, 0) is 23.3 Å². The Morgan fingerprint density at radius 2 is 1.60 bits per heavy atom. The number of Topliss-reactive ketones (excluding diaryl/α,β-unsaturated/α-hetero) is 1. The standard InChI is InChI=1S/C26H18ClN3O3S2/c27-19-13-11-17(12-14-19)21-20(22(31)18-9-5-2-6-10-18)23(32)24(33)30(21)25-28-29-26(35-25)34-15-16-7-3-1-4-8-16/h1-14,21,31H,15H2/b22-20-. The smallest absolute Gasteiger partial charge is 0.301 e. The molecule has 2 heterocycles. The van der Waals surface area contributed by atoms with Crippen molar-refractivity contribution in [1.29, 1.82) is 0 Å². The van der Waals surface area contributed by atoms with Crippen LogP contribution in [0.15, 0.2) is 94.8 Å². The van der Waals surface area contributed by atoms with Gasteiger partial charge in [0.15, 0.2) is 4.34 Å². The fourth-order valence-electron chi connectivity index (χ4n) is 3.82. The molecule has 1 fully saturated rings. The Balaban J connectivity index is 1.54. The number of nitrogens with zero attached hydrogens (tertiary/aromatic N) is 3. The van der Waals surface area contributed by atoms with Crippen molar-refractivity contribution in [2.24, 2.45) is 0 Å². The van der Waals surface area contributed by atoms with E-state index in [-0.39, 0.29) is 16.5 Å². The number of carbonyl (C=O) groups is 2. The lowest BCUT2D eigenvalue weighted by atomic mass is 9.95. The first kappa shape index (κ1) is 23.3. The molecule has 1 aliphatic heterocycles. The van der Waals surface area contributed by atoms with E-state index in [0.717, 1.165) is 5.56 Å². The van der Waals surface area contributed by atoms with Gasteiger partial charge in [-0.1, -0.05) is 107 Å². The summed E-state index contributed by atoms with van der Waals surface area (Å²) in [5.74, 6) is -1.09. The van der Waals surface area contributed by atoms with Crippen LogP contribution in [0, 0.1) is 0 Å². The summed E-state index contributed by atoms with van der Waals surface area (Å²) < 4.78 is 0.670. The minimum absolute atomic E-state index is 0.00258. The normalized spacial score (nSPS) is 17.2. The molecule has 1 N–H and O–H groups in total. The van der Waals surface area contributed by atoms with E-state index in [2.05, 4.69) is 10.2 Å². The summed E-state index contributed by atoms with van der Waals surface area (Å²) in [5.41, 5.74) is 2.21. The van der Waals surface area contributed by atoms with Crippen molar-refractivity contribution in [2.45, 2.75) is 16.1 Å². The molecule has 5 rings (SSSR count). The minimum Gasteiger partial charge on any atom is -0.507 e. The number of carbonyl (C=O) groups excluding carboxylic acids is 2. The summed E-state index contributed by atoms with van der Waals surface area (Å²) in [7, 11) is 0. The zero-order chi connectivity index (χ0) is 24.4. The number of hydrogen-bond acceptors (Lipinski definition) is 7. The summed E-state index contributed by atoms with van der Waals surface area (Å²) in [6, 6.07) is 24.6. The highest BCUT2D eigenvalue weighted by atomic mass is 35.5. The van der Waals surface area contributed by atoms with Crippen molar-refractivity contribution in [3.05, 3.63) is 112 Å². The number of benzene rings is 3. The van der Waals surface area contributed by atoms with Crippen LogP contribution in [-0.2, 0) is 15.3 Å². The molecule has 0 radical (unpaired) electrons. The highest BCUT2D eigenvalue weighted by Gasteiger charge is 2.48. The molecule has 1 atom stereocenters. The monoisotopic (exact) mass is 519 g/mol. The number of amides is 1. The largest absolute Gasteiger partial charge is 0.507 e. The molecule has 35 heavy (non-hydrogen) atoms. The molecule has 0 spiro atoms. The zero-order valence-corrected chi connectivity index (χ0v) is 20.6. The van der Waals surface area contributed by atoms with Crippen LogP contribution in [0.4, 0.5) is 5.13 Å². The van der Waals surface area contributed by atoms with Gasteiger partial charge in [0.2, 0.25) is 5.13 Å². The highest BCUT2D eigenvalue weighted by Crippen LogP contribution is 2.44. The molecule has 6 nitrogen and oxygen atoms in total. The summed E-state index contributed by atoms with van der Waals surface area (Å²) in [6.07, 6.45) is 0. The van der Waals surface area contributed by atoms with Gasteiger partial charge in [0.25, 0.3) is 5.78 Å². The van der Waals surface area contributed by atoms with E-state index in [1.165, 1.54) is 28.0 Å². The first-order valence-corrected chi connectivity index (χ1v) is 12.8. The van der Waals surface area contributed by atoms with Crippen LogP contribution in [0.3, 0.4) is 0 Å². The van der Waals surface area contributed by atoms with Gasteiger partial charge in [-0.3, -0.25) is 14.5 Å². The SMILES string of the molecule is O=C1C(=O)N(c2nnc(SCc3ccccc3)s2)C(c2ccc(Cl)cc2)/C1=C(/O)c1ccccc1. The zero-order valence-electron chi connectivity index (χ0n) is 18.2. The number of rotatable bonds is 6. The second kappa shape index (κ2) is 10.0. The van der Waals surface area contributed by atoms with E-state index >= 15 is 0 Å². The molecule has 1 saturated heterocycles. The van der Waals surface area contributed by atoms with Crippen molar-refractivity contribution in [3.8, 4) is 0 Å². The molecule has 1 aliphatic rings. The quantitative estimate of drug-likeness (QED) is 0.109. The Labute approximate surface area is 214 Å². The second-order valence-electron chi connectivity index (χ2n) is 7.71. The Hall–Kier alpha value is -3.46. The number of halogens is 1. The van der Waals surface area contributed by atoms with Crippen LogP contribution in [0.2, 0.25) is 5.02 Å². The van der Waals surface area contributed by atoms with Gasteiger partial charge in [0.05, 0.1) is 11.6 Å². The van der Waals surface area contributed by atoms with Gasteiger partial charge >= 0.3 is 5.91 Å². The van der Waals surface area contributed by atoms with Gasteiger partial charge in [-0.25, -0.2) is 0 Å². The summed E-state index contributed by atoms with van der Waals surface area (Å²) in [5, 5.41) is 20.4. The molecule has 0 bridgehead atoms. The lowest BCUT2D eigenvalue weighted by Gasteiger charge is -2.22. The van der Waals surface area contributed by atoms with Crippen molar-refractivity contribution >= 4 is 57.3 Å². The van der Waals surface area contributed by atoms with E-state index in [9.17, 15) is 14.7 Å². The average molecular weight is 520 g/mol. The number of anilines is 1. The van der Waals surface area contributed by atoms with Gasteiger partial charge in [0, 0.05) is 16.3 Å². The minimum atomic E-state index is -0.868. The Kier molecular flexibility index (Phi) is 6.68. The molecular weight excluding hydrogens is 502 g/mol. The van der Waals surface area contributed by atoms with Crippen LogP contribution < -0.4 is 4.90 Å². The maximum atomic E-state index is 13.2. The van der Waals surface area contributed by atoms with Gasteiger partial charge in [0.1, 0.15) is 5.76 Å². The Morgan fingerprint density at radius 3 is 2.29 bits per heavy atom. The number of aromatic nitrogens is 2. The maximum absolute atomic E-state index is 13.2. The number of thioether (sulfide) groups is 1. The topological polar surface area (TPSA) is 83.4 Å². The van der Waals surface area contributed by atoms with Crippen LogP contribution >= 0.6 is 34.7 Å². The summed E-state index contributed by atoms with van der Waals surface area (Å²) in [4.78, 5) is 27.7. The summed E-state index contributed by atoms with van der Waals surface area (Å²) >= 11 is 8.81. The first-order chi connectivity index (χ1) is 17.0. The molecule has 9 heteroatoms. The lowest BCUT2D eigenvalue weighted by Crippen LogP contribution is -2.29. The predicted octanol–water partition coefficient (Wildman–Crippen LogP) is 6.11. The fraction of sp³-hybridized carbons (Fsp3) is 0.0769. The predicted molar refractivity (Wildman–Crippen MR) is 139 cm³/mol. The van der Waals surface area contributed by atoms with Gasteiger partial charge in [-0.15, -0.1) is 10.2 Å². The average Bonchev–Trinajstić information content (AvgIpc) is 3.46. The first-order valence-electron chi connectivity index (χ1n) is 10.6. The molecule has 1 aromatic heterocycles. The molecule has 174 valence electrons. The Bertz CT molecular complexity index is 1410. The van der Waals surface area contributed by atoms with Crippen LogP contribution in [0.5, 0.6) is 0 Å². The molecule has 3 aromatic carbocycles. The maximum Gasteiger partial charge on any atom is 0.301 e.